The molecular weight excluding hydrogens is 292 g/mol. The van der Waals surface area contributed by atoms with Crippen LogP contribution in [0.3, 0.4) is 0 Å². The van der Waals surface area contributed by atoms with Gasteiger partial charge in [-0.15, -0.1) is 0 Å². The van der Waals surface area contributed by atoms with Gasteiger partial charge in [0.2, 0.25) is 0 Å². The summed E-state index contributed by atoms with van der Waals surface area (Å²) in [5, 5.41) is 0. The highest BCUT2D eigenvalue weighted by Crippen LogP contribution is 2.20. The van der Waals surface area contributed by atoms with Crippen LogP contribution in [0.1, 0.15) is 11.1 Å². The maximum Gasteiger partial charge on any atom is 0.119 e. The number of hydrogen-bond acceptors (Lipinski definition) is 4. The van der Waals surface area contributed by atoms with Crippen LogP contribution in [0.2, 0.25) is 0 Å². The molecule has 2 aliphatic heterocycles. The van der Waals surface area contributed by atoms with Gasteiger partial charge in [-0.25, -0.2) is 0 Å². The van der Waals surface area contributed by atoms with E-state index in [0.717, 1.165) is 31.1 Å². The second-order valence-electron chi connectivity index (χ2n) is 6.00. The van der Waals surface area contributed by atoms with Crippen LogP contribution in [0.15, 0.2) is 48.5 Å². The molecule has 2 heterocycles. The molecule has 120 valence electrons. The second-order valence-corrected chi connectivity index (χ2v) is 6.00. The third kappa shape index (κ3) is 4.47. The van der Waals surface area contributed by atoms with Gasteiger partial charge < -0.3 is 18.9 Å². The lowest BCUT2D eigenvalue weighted by atomic mass is 10.0. The van der Waals surface area contributed by atoms with Crippen molar-refractivity contribution in [1.82, 2.24) is 0 Å². The minimum Gasteiger partial charge on any atom is -0.491 e. The monoisotopic (exact) mass is 312 g/mol. The summed E-state index contributed by atoms with van der Waals surface area (Å²) < 4.78 is 21.6. The Bertz CT molecular complexity index is 570. The molecule has 23 heavy (non-hydrogen) atoms. The SMILES string of the molecule is c1cc(OCC2CO2)ccc1Cc1ccc(OC[C@H]2CO2)cc1. The first-order chi connectivity index (χ1) is 11.3. The first-order valence-corrected chi connectivity index (χ1v) is 8.02. The molecule has 0 saturated carbocycles. The lowest BCUT2D eigenvalue weighted by Crippen LogP contribution is -2.04. The van der Waals surface area contributed by atoms with Crippen LogP contribution >= 0.6 is 0 Å². The first kappa shape index (κ1) is 14.5. The summed E-state index contributed by atoms with van der Waals surface area (Å²) in [7, 11) is 0. The average Bonchev–Trinajstić information content (AvgIpc) is 3.48. The Labute approximate surface area is 135 Å². The number of ether oxygens (including phenoxy) is 4. The highest BCUT2D eigenvalue weighted by Gasteiger charge is 2.23. The van der Waals surface area contributed by atoms with Gasteiger partial charge in [-0.05, 0) is 41.8 Å². The maximum atomic E-state index is 5.65. The minimum atomic E-state index is 0.293. The molecule has 2 aromatic rings. The molecule has 2 fully saturated rings. The Kier molecular flexibility index (Phi) is 4.18. The van der Waals surface area contributed by atoms with Gasteiger partial charge in [0.15, 0.2) is 0 Å². The largest absolute Gasteiger partial charge is 0.491 e. The first-order valence-electron chi connectivity index (χ1n) is 8.02. The topological polar surface area (TPSA) is 43.5 Å². The molecule has 0 N–H and O–H groups in total. The summed E-state index contributed by atoms with van der Waals surface area (Å²) in [4.78, 5) is 0. The Hall–Kier alpha value is -2.04. The molecule has 0 radical (unpaired) electrons. The lowest BCUT2D eigenvalue weighted by molar-refractivity contribution is 0.263. The van der Waals surface area contributed by atoms with E-state index in [1.165, 1.54) is 11.1 Å². The molecule has 1 unspecified atom stereocenters. The average molecular weight is 312 g/mol. The molecular formula is C19H20O4. The summed E-state index contributed by atoms with van der Waals surface area (Å²) in [6, 6.07) is 16.5. The van der Waals surface area contributed by atoms with E-state index in [-0.39, 0.29) is 0 Å². The van der Waals surface area contributed by atoms with Crippen molar-refractivity contribution in [3.05, 3.63) is 59.7 Å². The Morgan fingerprint density at radius 1 is 0.696 bits per heavy atom. The fourth-order valence-corrected chi connectivity index (χ4v) is 2.35. The normalized spacial score (nSPS) is 21.7. The van der Waals surface area contributed by atoms with Crippen molar-refractivity contribution in [2.24, 2.45) is 0 Å². The molecule has 0 amide bonds. The molecule has 0 bridgehead atoms. The maximum absolute atomic E-state index is 5.65. The number of benzene rings is 2. The third-order valence-corrected chi connectivity index (χ3v) is 3.93. The minimum absolute atomic E-state index is 0.293. The Balaban J connectivity index is 1.29. The number of hydrogen-bond donors (Lipinski definition) is 0. The van der Waals surface area contributed by atoms with Crippen LogP contribution in [-0.2, 0) is 15.9 Å². The molecule has 0 aliphatic carbocycles. The van der Waals surface area contributed by atoms with Crippen molar-refractivity contribution >= 4 is 0 Å². The predicted octanol–water partition coefficient (Wildman–Crippen LogP) is 2.83. The van der Waals surface area contributed by atoms with E-state index in [2.05, 4.69) is 24.3 Å². The molecule has 0 spiro atoms. The van der Waals surface area contributed by atoms with Crippen LogP contribution in [0.5, 0.6) is 11.5 Å². The number of rotatable bonds is 8. The summed E-state index contributed by atoms with van der Waals surface area (Å²) in [6.07, 6.45) is 1.49. The molecule has 2 atom stereocenters. The van der Waals surface area contributed by atoms with Crippen molar-refractivity contribution in [3.63, 3.8) is 0 Å². The highest BCUT2D eigenvalue weighted by atomic mass is 16.6. The van der Waals surface area contributed by atoms with Gasteiger partial charge in [0.25, 0.3) is 0 Å². The van der Waals surface area contributed by atoms with Crippen LogP contribution in [0.25, 0.3) is 0 Å². The van der Waals surface area contributed by atoms with E-state index in [4.69, 9.17) is 18.9 Å². The lowest BCUT2D eigenvalue weighted by Gasteiger charge is -2.07. The van der Waals surface area contributed by atoms with Crippen molar-refractivity contribution in [2.75, 3.05) is 26.4 Å². The van der Waals surface area contributed by atoms with E-state index in [9.17, 15) is 0 Å². The summed E-state index contributed by atoms with van der Waals surface area (Å²) in [6.45, 7) is 2.94. The van der Waals surface area contributed by atoms with Crippen molar-refractivity contribution < 1.29 is 18.9 Å². The van der Waals surface area contributed by atoms with E-state index in [0.29, 0.717) is 25.4 Å². The van der Waals surface area contributed by atoms with Crippen molar-refractivity contribution in [3.8, 4) is 11.5 Å². The van der Waals surface area contributed by atoms with Crippen molar-refractivity contribution in [2.45, 2.75) is 18.6 Å². The van der Waals surface area contributed by atoms with Gasteiger partial charge in [0.1, 0.15) is 36.9 Å². The van der Waals surface area contributed by atoms with Crippen LogP contribution in [0, 0.1) is 0 Å². The van der Waals surface area contributed by atoms with E-state index in [1.807, 2.05) is 24.3 Å². The molecule has 4 rings (SSSR count). The quantitative estimate of drug-likeness (QED) is 0.703. The van der Waals surface area contributed by atoms with Crippen LogP contribution in [-0.4, -0.2) is 38.6 Å². The zero-order chi connectivity index (χ0) is 15.5. The molecule has 2 aromatic carbocycles. The van der Waals surface area contributed by atoms with Crippen LogP contribution < -0.4 is 9.47 Å². The van der Waals surface area contributed by atoms with E-state index < -0.39 is 0 Å². The second kappa shape index (κ2) is 6.60. The van der Waals surface area contributed by atoms with Gasteiger partial charge in [-0.3, -0.25) is 0 Å². The fraction of sp³-hybridized carbons (Fsp3) is 0.368. The fourth-order valence-electron chi connectivity index (χ4n) is 2.35. The summed E-state index contributed by atoms with van der Waals surface area (Å²) in [5.74, 6) is 1.80. The van der Waals surface area contributed by atoms with Gasteiger partial charge >= 0.3 is 0 Å². The van der Waals surface area contributed by atoms with Crippen molar-refractivity contribution in [1.29, 1.82) is 0 Å². The predicted molar refractivity (Wildman–Crippen MR) is 86.2 cm³/mol. The molecule has 0 aromatic heterocycles. The third-order valence-electron chi connectivity index (χ3n) is 3.93. The molecule has 4 nitrogen and oxygen atoms in total. The Morgan fingerprint density at radius 3 is 1.43 bits per heavy atom. The van der Waals surface area contributed by atoms with Gasteiger partial charge in [-0.2, -0.15) is 0 Å². The standard InChI is InChI=1S/C19H20O4/c1-5-16(20-10-18-12-22-18)6-2-14(1)9-15-3-7-17(8-4-15)21-11-19-13-23-19/h1-8,18-19H,9-13H2/t18-,19?/m0/s1. The zero-order valence-electron chi connectivity index (χ0n) is 12.9. The van der Waals surface area contributed by atoms with Gasteiger partial charge in [-0.1, -0.05) is 24.3 Å². The molecule has 4 heteroatoms. The summed E-state index contributed by atoms with van der Waals surface area (Å²) >= 11 is 0. The number of epoxide rings is 2. The summed E-state index contributed by atoms with van der Waals surface area (Å²) in [5.41, 5.74) is 2.53. The van der Waals surface area contributed by atoms with E-state index >= 15 is 0 Å². The zero-order valence-corrected chi connectivity index (χ0v) is 12.9. The van der Waals surface area contributed by atoms with Gasteiger partial charge in [0, 0.05) is 0 Å². The molecule has 2 saturated heterocycles. The van der Waals surface area contributed by atoms with Gasteiger partial charge in [0.05, 0.1) is 13.2 Å². The van der Waals surface area contributed by atoms with Crippen LogP contribution in [0.4, 0.5) is 0 Å². The Morgan fingerprint density at radius 2 is 1.09 bits per heavy atom. The highest BCUT2D eigenvalue weighted by molar-refractivity contribution is 5.34. The van der Waals surface area contributed by atoms with E-state index in [1.54, 1.807) is 0 Å². The smallest absolute Gasteiger partial charge is 0.119 e. The molecule has 2 aliphatic rings.